The van der Waals surface area contributed by atoms with Crippen molar-refractivity contribution in [3.8, 4) is 0 Å². The summed E-state index contributed by atoms with van der Waals surface area (Å²) in [6.45, 7) is 7.74. The van der Waals surface area contributed by atoms with E-state index in [9.17, 15) is 0 Å². The van der Waals surface area contributed by atoms with Crippen molar-refractivity contribution < 1.29 is 4.74 Å². The Balaban J connectivity index is 1.69. The van der Waals surface area contributed by atoms with Crippen LogP contribution in [0.5, 0.6) is 0 Å². The molecule has 2 aliphatic heterocycles. The Morgan fingerprint density at radius 3 is 2.77 bits per heavy atom. The van der Waals surface area contributed by atoms with Gasteiger partial charge in [-0.1, -0.05) is 0 Å². The molecular weight excluding hydrogens is 164 g/mol. The van der Waals surface area contributed by atoms with E-state index >= 15 is 0 Å². The first-order valence-corrected chi connectivity index (χ1v) is 5.42. The Hall–Kier alpha value is -0.120. The average Bonchev–Trinajstić information content (AvgIpc) is 2.62. The monoisotopic (exact) mass is 184 g/mol. The average molecular weight is 184 g/mol. The smallest absolute Gasteiger partial charge is 0.0826 e. The van der Waals surface area contributed by atoms with Crippen LogP contribution in [0.4, 0.5) is 0 Å². The third kappa shape index (κ3) is 2.66. The number of hydrogen-bond acceptors (Lipinski definition) is 3. The number of likely N-dealkylation sites (tertiary alicyclic amines) is 1. The van der Waals surface area contributed by atoms with Gasteiger partial charge in [0.05, 0.1) is 12.7 Å². The van der Waals surface area contributed by atoms with E-state index in [1.165, 1.54) is 25.9 Å². The Labute approximate surface area is 80.4 Å². The van der Waals surface area contributed by atoms with Gasteiger partial charge in [0.2, 0.25) is 0 Å². The van der Waals surface area contributed by atoms with Crippen molar-refractivity contribution in [3.63, 3.8) is 0 Å². The van der Waals surface area contributed by atoms with E-state index in [0.29, 0.717) is 12.1 Å². The highest BCUT2D eigenvalue weighted by molar-refractivity contribution is 4.77. The lowest BCUT2D eigenvalue weighted by Gasteiger charge is -2.30. The van der Waals surface area contributed by atoms with E-state index in [-0.39, 0.29) is 0 Å². The SMILES string of the molecule is C[C@@H]1CO[C@@H](CN2CCCC2)CN1. The fourth-order valence-electron chi connectivity index (χ4n) is 2.10. The molecule has 1 N–H and O–H groups in total. The number of nitrogens with one attached hydrogen (secondary N) is 1. The molecular formula is C10H20N2O. The van der Waals surface area contributed by atoms with E-state index in [4.69, 9.17) is 4.74 Å². The molecule has 2 fully saturated rings. The molecule has 3 nitrogen and oxygen atoms in total. The standard InChI is InChI=1S/C10H20N2O/c1-9-8-13-10(6-11-9)7-12-4-2-3-5-12/h9-11H,2-8H2,1H3/t9-,10-/m1/s1. The maximum atomic E-state index is 5.75. The summed E-state index contributed by atoms with van der Waals surface area (Å²) in [5.74, 6) is 0. The fraction of sp³-hybridized carbons (Fsp3) is 1.00. The predicted molar refractivity (Wildman–Crippen MR) is 52.9 cm³/mol. The molecule has 0 bridgehead atoms. The van der Waals surface area contributed by atoms with Crippen LogP contribution in [0.1, 0.15) is 19.8 Å². The summed E-state index contributed by atoms with van der Waals surface area (Å²) in [7, 11) is 0. The van der Waals surface area contributed by atoms with Gasteiger partial charge < -0.3 is 15.0 Å². The highest BCUT2D eigenvalue weighted by Crippen LogP contribution is 2.10. The Morgan fingerprint density at radius 2 is 2.15 bits per heavy atom. The maximum absolute atomic E-state index is 5.75. The number of rotatable bonds is 2. The third-order valence-electron chi connectivity index (χ3n) is 2.94. The summed E-state index contributed by atoms with van der Waals surface area (Å²) in [5, 5.41) is 3.45. The van der Waals surface area contributed by atoms with Crippen molar-refractivity contribution in [1.82, 2.24) is 10.2 Å². The molecule has 2 rings (SSSR count). The van der Waals surface area contributed by atoms with Gasteiger partial charge in [-0.2, -0.15) is 0 Å². The van der Waals surface area contributed by atoms with Gasteiger partial charge in [-0.15, -0.1) is 0 Å². The second-order valence-electron chi connectivity index (χ2n) is 4.27. The summed E-state index contributed by atoms with van der Waals surface area (Å²) in [4.78, 5) is 2.52. The van der Waals surface area contributed by atoms with Crippen LogP contribution < -0.4 is 5.32 Å². The molecule has 0 aliphatic carbocycles. The lowest BCUT2D eigenvalue weighted by Crippen LogP contribution is -2.48. The topological polar surface area (TPSA) is 24.5 Å². The van der Waals surface area contributed by atoms with Crippen molar-refractivity contribution in [1.29, 1.82) is 0 Å². The molecule has 13 heavy (non-hydrogen) atoms. The van der Waals surface area contributed by atoms with Crippen molar-refractivity contribution in [2.24, 2.45) is 0 Å². The highest BCUT2D eigenvalue weighted by Gasteiger charge is 2.21. The van der Waals surface area contributed by atoms with Gasteiger partial charge in [0.15, 0.2) is 0 Å². The summed E-state index contributed by atoms with van der Waals surface area (Å²) < 4.78 is 5.75. The molecule has 3 heteroatoms. The molecule has 0 aromatic heterocycles. The van der Waals surface area contributed by atoms with E-state index in [2.05, 4.69) is 17.1 Å². The minimum Gasteiger partial charge on any atom is -0.374 e. The summed E-state index contributed by atoms with van der Waals surface area (Å²) >= 11 is 0. The van der Waals surface area contributed by atoms with Crippen LogP contribution in [-0.2, 0) is 4.74 Å². The Morgan fingerprint density at radius 1 is 1.38 bits per heavy atom. The molecule has 2 aliphatic rings. The summed E-state index contributed by atoms with van der Waals surface area (Å²) in [5.41, 5.74) is 0. The minimum absolute atomic E-state index is 0.425. The molecule has 0 amide bonds. The first kappa shape index (κ1) is 9.44. The van der Waals surface area contributed by atoms with Crippen LogP contribution in [0.3, 0.4) is 0 Å². The molecule has 0 radical (unpaired) electrons. The van der Waals surface area contributed by atoms with Gasteiger partial charge in [-0.3, -0.25) is 0 Å². The predicted octanol–water partition coefficient (Wildman–Crippen LogP) is 0.459. The molecule has 0 saturated carbocycles. The van der Waals surface area contributed by atoms with E-state index in [1.807, 2.05) is 0 Å². The van der Waals surface area contributed by atoms with Gasteiger partial charge in [0.1, 0.15) is 0 Å². The number of morpholine rings is 1. The van der Waals surface area contributed by atoms with Crippen LogP contribution in [0.25, 0.3) is 0 Å². The van der Waals surface area contributed by atoms with Crippen molar-refractivity contribution in [2.45, 2.75) is 31.9 Å². The third-order valence-corrected chi connectivity index (χ3v) is 2.94. The fourth-order valence-corrected chi connectivity index (χ4v) is 2.10. The second kappa shape index (κ2) is 4.40. The van der Waals surface area contributed by atoms with Crippen molar-refractivity contribution in [3.05, 3.63) is 0 Å². The zero-order chi connectivity index (χ0) is 9.10. The van der Waals surface area contributed by atoms with Gasteiger partial charge in [-0.05, 0) is 32.9 Å². The largest absolute Gasteiger partial charge is 0.374 e. The van der Waals surface area contributed by atoms with E-state index in [1.54, 1.807) is 0 Å². The normalized spacial score (nSPS) is 36.7. The summed E-state index contributed by atoms with van der Waals surface area (Å²) in [6.07, 6.45) is 3.17. The maximum Gasteiger partial charge on any atom is 0.0826 e. The van der Waals surface area contributed by atoms with Crippen LogP contribution in [0, 0.1) is 0 Å². The van der Waals surface area contributed by atoms with Crippen LogP contribution in [0.15, 0.2) is 0 Å². The van der Waals surface area contributed by atoms with Gasteiger partial charge in [0, 0.05) is 19.1 Å². The molecule has 0 aromatic carbocycles. The van der Waals surface area contributed by atoms with Gasteiger partial charge in [-0.25, -0.2) is 0 Å². The lowest BCUT2D eigenvalue weighted by molar-refractivity contribution is -0.00802. The highest BCUT2D eigenvalue weighted by atomic mass is 16.5. The first-order valence-electron chi connectivity index (χ1n) is 5.42. The van der Waals surface area contributed by atoms with E-state index in [0.717, 1.165) is 19.7 Å². The molecule has 2 atom stereocenters. The summed E-state index contributed by atoms with van der Waals surface area (Å²) in [6, 6.07) is 0.537. The molecule has 2 saturated heterocycles. The number of ether oxygens (including phenoxy) is 1. The number of hydrogen-bond donors (Lipinski definition) is 1. The van der Waals surface area contributed by atoms with Gasteiger partial charge in [0.25, 0.3) is 0 Å². The first-order chi connectivity index (χ1) is 6.34. The molecule has 0 aromatic rings. The Bertz CT molecular complexity index is 149. The lowest BCUT2D eigenvalue weighted by atomic mass is 10.2. The molecule has 76 valence electrons. The molecule has 0 spiro atoms. The van der Waals surface area contributed by atoms with Crippen molar-refractivity contribution >= 4 is 0 Å². The molecule has 0 unspecified atom stereocenters. The second-order valence-corrected chi connectivity index (χ2v) is 4.27. The Kier molecular flexibility index (Phi) is 3.19. The van der Waals surface area contributed by atoms with E-state index < -0.39 is 0 Å². The molecule has 2 heterocycles. The van der Waals surface area contributed by atoms with Crippen LogP contribution in [-0.4, -0.2) is 49.8 Å². The minimum atomic E-state index is 0.425. The number of nitrogens with zero attached hydrogens (tertiary/aromatic N) is 1. The van der Waals surface area contributed by atoms with Crippen LogP contribution in [0.2, 0.25) is 0 Å². The zero-order valence-electron chi connectivity index (χ0n) is 8.46. The zero-order valence-corrected chi connectivity index (χ0v) is 8.46. The van der Waals surface area contributed by atoms with Crippen LogP contribution >= 0.6 is 0 Å². The quantitative estimate of drug-likeness (QED) is 0.675. The van der Waals surface area contributed by atoms with Crippen molar-refractivity contribution in [2.75, 3.05) is 32.8 Å². The van der Waals surface area contributed by atoms with Gasteiger partial charge >= 0.3 is 0 Å².